The maximum atomic E-state index is 9.73. The average molecular weight is 441 g/mol. The molecular formula is C26H36N2O4. The predicted octanol–water partition coefficient (Wildman–Crippen LogP) is 3.66. The van der Waals surface area contributed by atoms with Crippen molar-refractivity contribution in [3.05, 3.63) is 46.5 Å². The van der Waals surface area contributed by atoms with Crippen LogP contribution >= 0.6 is 0 Å². The van der Waals surface area contributed by atoms with Crippen molar-refractivity contribution >= 4 is 0 Å². The maximum absolute atomic E-state index is 9.73. The van der Waals surface area contributed by atoms with Crippen molar-refractivity contribution in [3.63, 3.8) is 0 Å². The molecule has 2 aliphatic rings. The lowest BCUT2D eigenvalue weighted by Gasteiger charge is -2.26. The highest BCUT2D eigenvalue weighted by Crippen LogP contribution is 2.33. The van der Waals surface area contributed by atoms with Crippen LogP contribution < -0.4 is 10.6 Å². The Morgan fingerprint density at radius 1 is 0.562 bits per heavy atom. The Hall–Kier alpha value is -2.44. The molecule has 6 N–H and O–H groups in total. The molecule has 2 aromatic carbocycles. The number of rotatable bonds is 9. The van der Waals surface area contributed by atoms with E-state index in [1.165, 1.54) is 25.7 Å². The zero-order chi connectivity index (χ0) is 22.5. The summed E-state index contributed by atoms with van der Waals surface area (Å²) in [4.78, 5) is 0. The van der Waals surface area contributed by atoms with Gasteiger partial charge in [0, 0.05) is 12.1 Å². The smallest absolute Gasteiger partial charge is 0.157 e. The van der Waals surface area contributed by atoms with Crippen molar-refractivity contribution in [2.75, 3.05) is 13.1 Å². The van der Waals surface area contributed by atoms with Crippen molar-refractivity contribution < 1.29 is 20.4 Å². The third-order valence-electron chi connectivity index (χ3n) is 7.02. The summed E-state index contributed by atoms with van der Waals surface area (Å²) in [6.45, 7) is 2.04. The minimum absolute atomic E-state index is 0.0162. The summed E-state index contributed by atoms with van der Waals surface area (Å²) in [5, 5.41) is 46.1. The highest BCUT2D eigenvalue weighted by molar-refractivity contribution is 5.47. The van der Waals surface area contributed by atoms with Crippen LogP contribution in [0.15, 0.2) is 24.3 Å². The number of aryl methyl sites for hydroxylation is 2. The Balaban J connectivity index is 1.06. The van der Waals surface area contributed by atoms with Crippen LogP contribution in [0.2, 0.25) is 0 Å². The highest BCUT2D eigenvalue weighted by Gasteiger charge is 2.21. The van der Waals surface area contributed by atoms with Gasteiger partial charge in [-0.3, -0.25) is 0 Å². The molecule has 2 aliphatic carbocycles. The summed E-state index contributed by atoms with van der Waals surface area (Å²) in [6.07, 6.45) is 10.6. The van der Waals surface area contributed by atoms with Gasteiger partial charge in [0.1, 0.15) is 0 Å². The van der Waals surface area contributed by atoms with Crippen molar-refractivity contribution in [2.45, 2.75) is 76.3 Å². The summed E-state index contributed by atoms with van der Waals surface area (Å²) in [5.74, 6) is -0.0733. The van der Waals surface area contributed by atoms with Gasteiger partial charge in [-0.25, -0.2) is 0 Å². The zero-order valence-corrected chi connectivity index (χ0v) is 18.7. The van der Waals surface area contributed by atoms with Gasteiger partial charge in [0.2, 0.25) is 0 Å². The van der Waals surface area contributed by atoms with Crippen LogP contribution in [-0.4, -0.2) is 45.6 Å². The number of nitrogens with one attached hydrogen (secondary N) is 2. The van der Waals surface area contributed by atoms with E-state index in [9.17, 15) is 20.4 Å². The molecule has 0 radical (unpaired) electrons. The summed E-state index contributed by atoms with van der Waals surface area (Å²) in [7, 11) is 0. The number of unbranched alkanes of at least 4 members (excludes halogenated alkanes) is 3. The van der Waals surface area contributed by atoms with Crippen LogP contribution in [0.5, 0.6) is 23.0 Å². The summed E-state index contributed by atoms with van der Waals surface area (Å²) >= 11 is 0. The normalized spacial score (nSPS) is 20.0. The zero-order valence-electron chi connectivity index (χ0n) is 18.7. The van der Waals surface area contributed by atoms with Gasteiger partial charge in [-0.15, -0.1) is 0 Å². The minimum Gasteiger partial charge on any atom is -0.504 e. The molecular weight excluding hydrogens is 404 g/mol. The fraction of sp³-hybridized carbons (Fsp3) is 0.538. The first-order valence-corrected chi connectivity index (χ1v) is 12.0. The van der Waals surface area contributed by atoms with E-state index in [4.69, 9.17) is 0 Å². The molecule has 2 aromatic rings. The Bertz CT molecular complexity index is 855. The van der Waals surface area contributed by atoms with E-state index in [0.29, 0.717) is 12.1 Å². The lowest BCUT2D eigenvalue weighted by Crippen LogP contribution is -2.35. The van der Waals surface area contributed by atoms with E-state index in [2.05, 4.69) is 10.6 Å². The molecule has 0 bridgehead atoms. The van der Waals surface area contributed by atoms with Crippen molar-refractivity contribution in [1.29, 1.82) is 0 Å². The molecule has 32 heavy (non-hydrogen) atoms. The first-order chi connectivity index (χ1) is 15.5. The van der Waals surface area contributed by atoms with Gasteiger partial charge in [0.05, 0.1) is 0 Å². The second-order valence-electron chi connectivity index (χ2n) is 9.42. The molecule has 0 saturated heterocycles. The third kappa shape index (κ3) is 5.67. The highest BCUT2D eigenvalue weighted by atomic mass is 16.3. The number of benzene rings is 2. The molecule has 0 amide bonds. The number of hydrogen-bond acceptors (Lipinski definition) is 6. The monoisotopic (exact) mass is 440 g/mol. The molecule has 2 unspecified atom stereocenters. The van der Waals surface area contributed by atoms with Gasteiger partial charge in [-0.1, -0.05) is 12.8 Å². The van der Waals surface area contributed by atoms with Crippen LogP contribution in [0.25, 0.3) is 0 Å². The molecule has 4 rings (SSSR count). The molecule has 0 saturated carbocycles. The molecule has 174 valence electrons. The standard InChI is InChI=1S/C26H36N2O4/c29-23-13-17-5-7-21(11-19(17)15-25(23)31)27-9-3-1-2-4-10-28-22-8-6-18-14-24(30)26(32)16-20(18)12-22/h13-16,21-22,27-32H,1-12H2. The van der Waals surface area contributed by atoms with Crippen LogP contribution in [0.1, 0.15) is 60.8 Å². The van der Waals surface area contributed by atoms with Gasteiger partial charge in [-0.05, 0) is 111 Å². The first-order valence-electron chi connectivity index (χ1n) is 12.0. The minimum atomic E-state index is -0.0205. The molecule has 0 heterocycles. The van der Waals surface area contributed by atoms with Crippen LogP contribution in [0, 0.1) is 0 Å². The van der Waals surface area contributed by atoms with Crippen LogP contribution in [0.3, 0.4) is 0 Å². The summed E-state index contributed by atoms with van der Waals surface area (Å²) < 4.78 is 0. The molecule has 6 nitrogen and oxygen atoms in total. The maximum Gasteiger partial charge on any atom is 0.157 e. The fourth-order valence-electron chi connectivity index (χ4n) is 5.13. The first kappa shape index (κ1) is 22.7. The van der Waals surface area contributed by atoms with Gasteiger partial charge >= 0.3 is 0 Å². The Labute approximate surface area is 190 Å². The van der Waals surface area contributed by atoms with E-state index in [-0.39, 0.29) is 23.0 Å². The SMILES string of the molecule is Oc1cc2c(cc1O)CC(NCCCCCCNC1CCc3cc(O)c(O)cc3C1)CC2. The van der Waals surface area contributed by atoms with Crippen molar-refractivity contribution in [1.82, 2.24) is 10.6 Å². The van der Waals surface area contributed by atoms with Crippen molar-refractivity contribution in [2.24, 2.45) is 0 Å². The number of aromatic hydroxyl groups is 4. The quantitative estimate of drug-likeness (QED) is 0.263. The number of hydrogen-bond donors (Lipinski definition) is 6. The molecule has 0 spiro atoms. The largest absolute Gasteiger partial charge is 0.504 e. The van der Waals surface area contributed by atoms with E-state index >= 15 is 0 Å². The topological polar surface area (TPSA) is 105 Å². The van der Waals surface area contributed by atoms with Crippen LogP contribution in [0.4, 0.5) is 0 Å². The van der Waals surface area contributed by atoms with Gasteiger partial charge in [0.25, 0.3) is 0 Å². The fourth-order valence-corrected chi connectivity index (χ4v) is 5.13. The van der Waals surface area contributed by atoms with Gasteiger partial charge in [-0.2, -0.15) is 0 Å². The predicted molar refractivity (Wildman–Crippen MR) is 126 cm³/mol. The van der Waals surface area contributed by atoms with Crippen LogP contribution in [-0.2, 0) is 25.7 Å². The Kier molecular flexibility index (Phi) is 7.43. The molecule has 0 fully saturated rings. The molecule has 0 aliphatic heterocycles. The molecule has 0 aromatic heterocycles. The Morgan fingerprint density at radius 2 is 0.938 bits per heavy atom. The lowest BCUT2D eigenvalue weighted by atomic mass is 9.87. The van der Waals surface area contributed by atoms with Crippen molar-refractivity contribution in [3.8, 4) is 23.0 Å². The van der Waals surface area contributed by atoms with Gasteiger partial charge < -0.3 is 31.1 Å². The molecule has 6 heteroatoms. The second-order valence-corrected chi connectivity index (χ2v) is 9.42. The summed E-state index contributed by atoms with van der Waals surface area (Å²) in [5.41, 5.74) is 4.60. The lowest BCUT2D eigenvalue weighted by molar-refractivity contribution is 0.396. The number of phenols is 4. The van der Waals surface area contributed by atoms with E-state index < -0.39 is 0 Å². The van der Waals surface area contributed by atoms with E-state index in [0.717, 1.165) is 73.9 Å². The molecule has 2 atom stereocenters. The van der Waals surface area contributed by atoms with E-state index in [1.807, 2.05) is 0 Å². The second kappa shape index (κ2) is 10.5. The number of phenolic OH excluding ortho intramolecular Hbond substituents is 4. The van der Waals surface area contributed by atoms with E-state index in [1.54, 1.807) is 24.3 Å². The Morgan fingerprint density at radius 3 is 1.34 bits per heavy atom. The van der Waals surface area contributed by atoms with Gasteiger partial charge in [0.15, 0.2) is 23.0 Å². The number of fused-ring (bicyclic) bond motifs is 2. The summed E-state index contributed by atoms with van der Waals surface area (Å²) in [6, 6.07) is 7.73. The third-order valence-corrected chi connectivity index (χ3v) is 7.02. The average Bonchev–Trinajstić information content (AvgIpc) is 2.77.